The first kappa shape index (κ1) is 17.2. The molecular weight excluding hydrogens is 340 g/mol. The third-order valence-corrected chi connectivity index (χ3v) is 4.06. The molecule has 2 rings (SSSR count). The van der Waals surface area contributed by atoms with Gasteiger partial charge in [0.1, 0.15) is 10.6 Å². The molecule has 6 nitrogen and oxygen atoms in total. The van der Waals surface area contributed by atoms with Crippen LogP contribution >= 0.6 is 22.9 Å². The molecule has 0 aliphatic rings. The number of thiazole rings is 1. The van der Waals surface area contributed by atoms with Crippen LogP contribution in [-0.2, 0) is 9.53 Å². The molecule has 1 N–H and O–H groups in total. The van der Waals surface area contributed by atoms with Gasteiger partial charge in [0.25, 0.3) is 5.91 Å². The molecule has 23 heavy (non-hydrogen) atoms. The van der Waals surface area contributed by atoms with Gasteiger partial charge in [-0.3, -0.25) is 10.1 Å². The van der Waals surface area contributed by atoms with Crippen LogP contribution in [0.1, 0.15) is 22.3 Å². The number of ether oxygens (including phenoxy) is 2. The first-order valence-corrected chi connectivity index (χ1v) is 8.02. The Labute approximate surface area is 142 Å². The van der Waals surface area contributed by atoms with Crippen LogP contribution in [0.4, 0.5) is 5.13 Å². The minimum absolute atomic E-state index is 0.211. The summed E-state index contributed by atoms with van der Waals surface area (Å²) < 4.78 is 10.3. The number of aryl methyl sites for hydroxylation is 1. The number of halogens is 1. The van der Waals surface area contributed by atoms with E-state index in [2.05, 4.69) is 10.3 Å². The molecule has 1 heterocycles. The average Bonchev–Trinajstić information content (AvgIpc) is 2.87. The number of carbonyl (C=O) groups is 2. The molecule has 1 aromatic carbocycles. The largest absolute Gasteiger partial charge is 0.482 e. The fraction of sp³-hybridized carbons (Fsp3) is 0.267. The fourth-order valence-electron chi connectivity index (χ4n) is 1.70. The Hall–Kier alpha value is -2.12. The van der Waals surface area contributed by atoms with E-state index in [4.69, 9.17) is 21.1 Å². The van der Waals surface area contributed by atoms with Gasteiger partial charge >= 0.3 is 5.97 Å². The summed E-state index contributed by atoms with van der Waals surface area (Å²) >= 11 is 7.00. The van der Waals surface area contributed by atoms with E-state index in [1.165, 1.54) is 0 Å². The number of rotatable bonds is 6. The molecule has 8 heteroatoms. The molecule has 0 spiro atoms. The first-order chi connectivity index (χ1) is 11.0. The summed E-state index contributed by atoms with van der Waals surface area (Å²) in [7, 11) is 0. The Morgan fingerprint density at radius 2 is 2.09 bits per heavy atom. The van der Waals surface area contributed by atoms with Crippen molar-refractivity contribution < 1.29 is 19.1 Å². The predicted octanol–water partition coefficient (Wildman–Crippen LogP) is 3.30. The molecule has 0 saturated heterocycles. The van der Waals surface area contributed by atoms with Gasteiger partial charge in [-0.05, 0) is 26.0 Å². The number of anilines is 1. The number of aromatic nitrogens is 1. The monoisotopic (exact) mass is 354 g/mol. The molecular formula is C15H15ClN2O4S. The molecule has 0 atom stereocenters. The van der Waals surface area contributed by atoms with E-state index in [1.807, 2.05) is 0 Å². The van der Waals surface area contributed by atoms with Gasteiger partial charge in [-0.2, -0.15) is 0 Å². The smallest absolute Gasteiger partial charge is 0.350 e. The Bertz CT molecular complexity index is 717. The second kappa shape index (κ2) is 7.94. The first-order valence-electron chi connectivity index (χ1n) is 6.83. The van der Waals surface area contributed by atoms with E-state index in [0.29, 0.717) is 26.5 Å². The maximum absolute atomic E-state index is 11.9. The second-order valence-electron chi connectivity index (χ2n) is 4.42. The average molecular weight is 355 g/mol. The predicted molar refractivity (Wildman–Crippen MR) is 88.4 cm³/mol. The Morgan fingerprint density at radius 1 is 1.35 bits per heavy atom. The quantitative estimate of drug-likeness (QED) is 0.805. The number of esters is 1. The standard InChI is InChI=1S/C15H15ClN2O4S/c1-3-21-14(20)13-9(2)17-15(23-13)18-12(19)8-22-11-7-5-4-6-10(11)16/h4-7H,3,8H2,1-2H3,(H,17,18,19). The Balaban J connectivity index is 1.94. The molecule has 122 valence electrons. The highest BCUT2D eigenvalue weighted by molar-refractivity contribution is 7.17. The van der Waals surface area contributed by atoms with Gasteiger partial charge in [0, 0.05) is 0 Å². The maximum atomic E-state index is 11.9. The fourth-order valence-corrected chi connectivity index (χ4v) is 2.76. The van der Waals surface area contributed by atoms with Crippen molar-refractivity contribution in [2.75, 3.05) is 18.5 Å². The van der Waals surface area contributed by atoms with Crippen molar-refractivity contribution in [3.8, 4) is 5.75 Å². The van der Waals surface area contributed by atoms with Gasteiger partial charge in [-0.15, -0.1) is 0 Å². The number of benzene rings is 1. The lowest BCUT2D eigenvalue weighted by molar-refractivity contribution is -0.118. The number of para-hydroxylation sites is 1. The lowest BCUT2D eigenvalue weighted by Gasteiger charge is -2.06. The van der Waals surface area contributed by atoms with Crippen molar-refractivity contribution in [1.29, 1.82) is 0 Å². The summed E-state index contributed by atoms with van der Waals surface area (Å²) in [6.45, 7) is 3.47. The summed E-state index contributed by atoms with van der Waals surface area (Å²) in [6.07, 6.45) is 0. The van der Waals surface area contributed by atoms with E-state index < -0.39 is 11.9 Å². The SMILES string of the molecule is CCOC(=O)c1sc(NC(=O)COc2ccccc2Cl)nc1C. The molecule has 0 aliphatic carbocycles. The maximum Gasteiger partial charge on any atom is 0.350 e. The molecule has 0 unspecified atom stereocenters. The summed E-state index contributed by atoms with van der Waals surface area (Å²) in [5.74, 6) is -0.420. The van der Waals surface area contributed by atoms with Gasteiger partial charge in [-0.1, -0.05) is 35.1 Å². The van der Waals surface area contributed by atoms with E-state index in [-0.39, 0.29) is 13.2 Å². The molecule has 0 saturated carbocycles. The van der Waals surface area contributed by atoms with Crippen LogP contribution in [0.2, 0.25) is 5.02 Å². The van der Waals surface area contributed by atoms with Gasteiger partial charge < -0.3 is 9.47 Å². The second-order valence-corrected chi connectivity index (χ2v) is 5.83. The number of nitrogens with zero attached hydrogens (tertiary/aromatic N) is 1. The highest BCUT2D eigenvalue weighted by Crippen LogP contribution is 2.24. The summed E-state index contributed by atoms with van der Waals surface area (Å²) in [5.41, 5.74) is 0.510. The lowest BCUT2D eigenvalue weighted by Crippen LogP contribution is -2.20. The van der Waals surface area contributed by atoms with Crippen LogP contribution in [0.25, 0.3) is 0 Å². The number of amides is 1. The highest BCUT2D eigenvalue weighted by Gasteiger charge is 2.17. The van der Waals surface area contributed by atoms with E-state index in [0.717, 1.165) is 11.3 Å². The van der Waals surface area contributed by atoms with Crippen LogP contribution in [0, 0.1) is 6.92 Å². The lowest BCUT2D eigenvalue weighted by atomic mass is 10.3. The minimum Gasteiger partial charge on any atom is -0.482 e. The van der Waals surface area contributed by atoms with Gasteiger partial charge in [0.2, 0.25) is 0 Å². The number of hydrogen-bond donors (Lipinski definition) is 1. The summed E-state index contributed by atoms with van der Waals surface area (Å²) in [4.78, 5) is 28.1. The van der Waals surface area contributed by atoms with Crippen molar-refractivity contribution in [2.45, 2.75) is 13.8 Å². The van der Waals surface area contributed by atoms with Gasteiger partial charge in [0.15, 0.2) is 11.7 Å². The topological polar surface area (TPSA) is 77.5 Å². The van der Waals surface area contributed by atoms with Crippen molar-refractivity contribution in [2.24, 2.45) is 0 Å². The van der Waals surface area contributed by atoms with Gasteiger partial charge in [0.05, 0.1) is 17.3 Å². The van der Waals surface area contributed by atoms with Crippen LogP contribution in [0.3, 0.4) is 0 Å². The third kappa shape index (κ3) is 4.67. The Kier molecular flexibility index (Phi) is 5.95. The van der Waals surface area contributed by atoms with Gasteiger partial charge in [-0.25, -0.2) is 9.78 Å². The third-order valence-electron chi connectivity index (χ3n) is 2.70. The molecule has 0 aliphatic heterocycles. The highest BCUT2D eigenvalue weighted by atomic mass is 35.5. The number of hydrogen-bond acceptors (Lipinski definition) is 6. The van der Waals surface area contributed by atoms with Crippen molar-refractivity contribution >= 4 is 39.9 Å². The zero-order chi connectivity index (χ0) is 16.8. The minimum atomic E-state index is -0.449. The molecule has 1 amide bonds. The van der Waals surface area contributed by atoms with E-state index >= 15 is 0 Å². The van der Waals surface area contributed by atoms with Crippen molar-refractivity contribution in [3.05, 3.63) is 39.9 Å². The van der Waals surface area contributed by atoms with Crippen molar-refractivity contribution in [3.63, 3.8) is 0 Å². The van der Waals surface area contributed by atoms with E-state index in [9.17, 15) is 9.59 Å². The molecule has 0 bridgehead atoms. The van der Waals surface area contributed by atoms with Crippen LogP contribution in [-0.4, -0.2) is 30.1 Å². The van der Waals surface area contributed by atoms with E-state index in [1.54, 1.807) is 38.1 Å². The Morgan fingerprint density at radius 3 is 2.78 bits per heavy atom. The van der Waals surface area contributed by atoms with Crippen LogP contribution in [0.5, 0.6) is 5.75 Å². The molecule has 0 radical (unpaired) electrons. The summed E-state index contributed by atoms with van der Waals surface area (Å²) in [5, 5.41) is 3.33. The molecule has 2 aromatic rings. The van der Waals surface area contributed by atoms with Crippen molar-refractivity contribution in [1.82, 2.24) is 4.98 Å². The zero-order valence-electron chi connectivity index (χ0n) is 12.6. The molecule has 1 aromatic heterocycles. The summed E-state index contributed by atoms with van der Waals surface area (Å²) in [6, 6.07) is 6.87. The van der Waals surface area contributed by atoms with Crippen LogP contribution < -0.4 is 10.1 Å². The van der Waals surface area contributed by atoms with Crippen LogP contribution in [0.15, 0.2) is 24.3 Å². The molecule has 0 fully saturated rings. The number of carbonyl (C=O) groups excluding carboxylic acids is 2. The zero-order valence-corrected chi connectivity index (χ0v) is 14.2. The number of nitrogens with one attached hydrogen (secondary N) is 1. The normalized spacial score (nSPS) is 10.2.